The van der Waals surface area contributed by atoms with Gasteiger partial charge in [0.15, 0.2) is 11.6 Å². The van der Waals surface area contributed by atoms with Gasteiger partial charge in [-0.2, -0.15) is 0 Å². The smallest absolute Gasteiger partial charge is 0.248 e. The van der Waals surface area contributed by atoms with Crippen molar-refractivity contribution in [1.82, 2.24) is 4.90 Å². The first-order valence-electron chi connectivity index (χ1n) is 5.56. The molecular formula is C12H13F2NO3. The number of hydrogen-bond donors (Lipinski definition) is 2. The molecule has 0 bridgehead atoms. The van der Waals surface area contributed by atoms with Crippen molar-refractivity contribution in [3.8, 4) is 0 Å². The van der Waals surface area contributed by atoms with Crippen molar-refractivity contribution in [3.63, 3.8) is 0 Å². The maximum absolute atomic E-state index is 13.1. The van der Waals surface area contributed by atoms with Gasteiger partial charge < -0.3 is 15.1 Å². The molecule has 0 aliphatic carbocycles. The van der Waals surface area contributed by atoms with Crippen LogP contribution < -0.4 is 0 Å². The summed E-state index contributed by atoms with van der Waals surface area (Å²) in [5.41, 5.74) is 0.409. The van der Waals surface area contributed by atoms with Crippen molar-refractivity contribution in [3.05, 3.63) is 35.4 Å². The number of amides is 1. The summed E-state index contributed by atoms with van der Waals surface area (Å²) < 4.78 is 26.0. The van der Waals surface area contributed by atoms with Crippen molar-refractivity contribution in [2.24, 2.45) is 0 Å². The van der Waals surface area contributed by atoms with E-state index in [1.54, 1.807) is 0 Å². The molecule has 1 aromatic carbocycles. The molecule has 0 aromatic heterocycles. The average Bonchev–Trinajstić information content (AvgIpc) is 2.74. The number of benzene rings is 1. The fourth-order valence-corrected chi connectivity index (χ4v) is 2.22. The van der Waals surface area contributed by atoms with Crippen molar-refractivity contribution in [1.29, 1.82) is 0 Å². The zero-order chi connectivity index (χ0) is 13.3. The van der Waals surface area contributed by atoms with Crippen LogP contribution in [0.15, 0.2) is 18.2 Å². The van der Waals surface area contributed by atoms with E-state index >= 15 is 0 Å². The molecule has 1 saturated heterocycles. The van der Waals surface area contributed by atoms with E-state index in [4.69, 9.17) is 5.11 Å². The highest BCUT2D eigenvalue weighted by Gasteiger charge is 2.35. The fraction of sp³-hybridized carbons (Fsp3) is 0.417. The van der Waals surface area contributed by atoms with Crippen molar-refractivity contribution in [2.75, 3.05) is 13.2 Å². The van der Waals surface area contributed by atoms with Crippen molar-refractivity contribution in [2.45, 2.75) is 18.6 Å². The number of carbonyl (C=O) groups excluding carboxylic acids is 1. The van der Waals surface area contributed by atoms with Crippen LogP contribution in [-0.4, -0.2) is 40.3 Å². The van der Waals surface area contributed by atoms with Gasteiger partial charge in [-0.25, -0.2) is 8.78 Å². The predicted molar refractivity (Wildman–Crippen MR) is 58.5 cm³/mol. The maximum Gasteiger partial charge on any atom is 0.248 e. The van der Waals surface area contributed by atoms with Gasteiger partial charge in [-0.15, -0.1) is 0 Å². The zero-order valence-electron chi connectivity index (χ0n) is 9.51. The number of hydrogen-bond acceptors (Lipinski definition) is 3. The van der Waals surface area contributed by atoms with Gasteiger partial charge in [0.25, 0.3) is 0 Å². The van der Waals surface area contributed by atoms with E-state index in [1.165, 1.54) is 11.0 Å². The Morgan fingerprint density at radius 2 is 2.11 bits per heavy atom. The molecule has 6 heteroatoms. The summed E-state index contributed by atoms with van der Waals surface area (Å²) in [6, 6.07) is 2.83. The van der Waals surface area contributed by atoms with Crippen molar-refractivity contribution >= 4 is 5.91 Å². The quantitative estimate of drug-likeness (QED) is 0.815. The van der Waals surface area contributed by atoms with Crippen LogP contribution in [0.3, 0.4) is 0 Å². The molecule has 0 unspecified atom stereocenters. The molecule has 1 aromatic rings. The second kappa shape index (κ2) is 4.99. The van der Waals surface area contributed by atoms with E-state index in [-0.39, 0.29) is 13.0 Å². The second-order valence-electron chi connectivity index (χ2n) is 4.28. The van der Waals surface area contributed by atoms with Crippen molar-refractivity contribution < 1.29 is 23.8 Å². The summed E-state index contributed by atoms with van der Waals surface area (Å²) >= 11 is 0. The lowest BCUT2D eigenvalue weighted by atomic mass is 10.0. The predicted octanol–water partition coefficient (Wildman–Crippen LogP) is 0.591. The summed E-state index contributed by atoms with van der Waals surface area (Å²) in [5, 5.41) is 18.4. The Balaban J connectivity index is 2.29. The van der Waals surface area contributed by atoms with Crippen LogP contribution in [0.2, 0.25) is 0 Å². The zero-order valence-corrected chi connectivity index (χ0v) is 9.51. The first-order chi connectivity index (χ1) is 8.52. The van der Waals surface area contributed by atoms with Crippen LogP contribution in [0.5, 0.6) is 0 Å². The number of halogens is 2. The minimum atomic E-state index is -0.995. The van der Waals surface area contributed by atoms with Crippen LogP contribution in [0, 0.1) is 11.6 Å². The molecular weight excluding hydrogens is 244 g/mol. The highest BCUT2D eigenvalue weighted by Crippen LogP contribution is 2.32. The minimum Gasteiger partial charge on any atom is -0.391 e. The van der Waals surface area contributed by atoms with Gasteiger partial charge in [0.05, 0.1) is 12.1 Å². The normalized spacial score (nSPS) is 23.4. The van der Waals surface area contributed by atoms with Gasteiger partial charge in [0, 0.05) is 6.54 Å². The number of nitrogens with zero attached hydrogens (tertiary/aromatic N) is 1. The van der Waals surface area contributed by atoms with Gasteiger partial charge in [0.2, 0.25) is 5.91 Å². The number of aliphatic hydroxyl groups excluding tert-OH is 2. The first-order valence-corrected chi connectivity index (χ1v) is 5.56. The highest BCUT2D eigenvalue weighted by molar-refractivity contribution is 5.78. The maximum atomic E-state index is 13.1. The lowest BCUT2D eigenvalue weighted by molar-refractivity contribution is -0.135. The monoisotopic (exact) mass is 257 g/mol. The minimum absolute atomic E-state index is 0.0864. The Labute approximate surface area is 102 Å². The SMILES string of the molecule is O=C(CO)N1C[C@@H](O)C[C@@H]1c1ccc(F)c(F)c1. The van der Waals surface area contributed by atoms with Gasteiger partial charge in [0.1, 0.15) is 6.61 Å². The lowest BCUT2D eigenvalue weighted by Gasteiger charge is -2.24. The number of rotatable bonds is 2. The molecule has 1 amide bonds. The van der Waals surface area contributed by atoms with Gasteiger partial charge in [-0.3, -0.25) is 4.79 Å². The summed E-state index contributed by atoms with van der Waals surface area (Å²) in [7, 11) is 0. The third-order valence-electron chi connectivity index (χ3n) is 3.06. The molecule has 2 atom stereocenters. The summed E-state index contributed by atoms with van der Waals surface area (Å²) in [6.45, 7) is -0.587. The Bertz CT molecular complexity index is 467. The number of aliphatic hydroxyl groups is 2. The summed E-state index contributed by atoms with van der Waals surface area (Å²) in [5.74, 6) is -2.50. The first kappa shape index (κ1) is 12.9. The number of β-amino-alcohol motifs (C(OH)–C–C–N with tert-alkyl or cyclic N) is 1. The van der Waals surface area contributed by atoms with Crippen LogP contribution in [0.25, 0.3) is 0 Å². The Morgan fingerprint density at radius 3 is 2.72 bits per heavy atom. The molecule has 98 valence electrons. The van der Waals surface area contributed by atoms with Gasteiger partial charge in [-0.05, 0) is 24.1 Å². The van der Waals surface area contributed by atoms with Crippen LogP contribution in [0.1, 0.15) is 18.0 Å². The van der Waals surface area contributed by atoms with E-state index in [2.05, 4.69) is 0 Å². The van der Waals surface area contributed by atoms with Gasteiger partial charge in [-0.1, -0.05) is 6.07 Å². The number of carbonyl (C=O) groups is 1. The topological polar surface area (TPSA) is 60.8 Å². The van der Waals surface area contributed by atoms with Crippen LogP contribution >= 0.6 is 0 Å². The van der Waals surface area contributed by atoms with E-state index in [1.807, 2.05) is 0 Å². The third-order valence-corrected chi connectivity index (χ3v) is 3.06. The molecule has 2 N–H and O–H groups in total. The summed E-state index contributed by atoms with van der Waals surface area (Å²) in [6.07, 6.45) is -0.477. The summed E-state index contributed by atoms with van der Waals surface area (Å²) in [4.78, 5) is 12.8. The Kier molecular flexibility index (Phi) is 3.58. The lowest BCUT2D eigenvalue weighted by Crippen LogP contribution is -2.33. The van der Waals surface area contributed by atoms with Crippen LogP contribution in [-0.2, 0) is 4.79 Å². The van der Waals surface area contributed by atoms with Crippen LogP contribution in [0.4, 0.5) is 8.78 Å². The molecule has 4 nitrogen and oxygen atoms in total. The Morgan fingerprint density at radius 1 is 1.39 bits per heavy atom. The molecule has 1 fully saturated rings. The van der Waals surface area contributed by atoms with E-state index < -0.39 is 36.3 Å². The third kappa shape index (κ3) is 2.34. The van der Waals surface area contributed by atoms with E-state index in [0.29, 0.717) is 5.56 Å². The van der Waals surface area contributed by atoms with E-state index in [0.717, 1.165) is 12.1 Å². The molecule has 18 heavy (non-hydrogen) atoms. The number of likely N-dealkylation sites (tertiary alicyclic amines) is 1. The molecule has 2 rings (SSSR count). The Hall–Kier alpha value is -1.53. The largest absolute Gasteiger partial charge is 0.391 e. The highest BCUT2D eigenvalue weighted by atomic mass is 19.2. The molecule has 1 heterocycles. The average molecular weight is 257 g/mol. The molecule has 1 aliphatic rings. The molecule has 0 spiro atoms. The van der Waals surface area contributed by atoms with Gasteiger partial charge >= 0.3 is 0 Å². The fourth-order valence-electron chi connectivity index (χ4n) is 2.22. The molecule has 0 radical (unpaired) electrons. The second-order valence-corrected chi connectivity index (χ2v) is 4.28. The van der Waals surface area contributed by atoms with E-state index in [9.17, 15) is 18.7 Å². The molecule has 0 saturated carbocycles. The standard InChI is InChI=1S/C12H13F2NO3/c13-9-2-1-7(3-10(9)14)11-4-8(17)5-15(11)12(18)6-16/h1-3,8,11,16-17H,4-6H2/t8-,11+/m0/s1. The molecule has 1 aliphatic heterocycles.